The molecule has 0 radical (unpaired) electrons. The summed E-state index contributed by atoms with van der Waals surface area (Å²) < 4.78 is 26.8. The molecule has 1 aromatic rings. The largest absolute Gasteiger partial charge is 0.355 e. The number of hydrogen-bond acceptors (Lipinski definition) is 4. The van der Waals surface area contributed by atoms with E-state index < -0.39 is 10.0 Å². The van der Waals surface area contributed by atoms with E-state index >= 15 is 0 Å². The highest BCUT2D eigenvalue weighted by Crippen LogP contribution is 2.13. The Labute approximate surface area is 111 Å². The van der Waals surface area contributed by atoms with Gasteiger partial charge in [0.05, 0.1) is 16.5 Å². The van der Waals surface area contributed by atoms with Crippen LogP contribution in [0.4, 0.5) is 0 Å². The highest BCUT2D eigenvalue weighted by Gasteiger charge is 2.24. The lowest BCUT2D eigenvalue weighted by atomic mass is 10.1. The highest BCUT2D eigenvalue weighted by atomic mass is 32.2. The zero-order chi connectivity index (χ0) is 13.9. The van der Waals surface area contributed by atoms with Crippen LogP contribution in [0.1, 0.15) is 18.4 Å². The number of nitriles is 1. The molecule has 0 aliphatic carbocycles. The van der Waals surface area contributed by atoms with Crippen LogP contribution in [0.5, 0.6) is 0 Å². The lowest BCUT2D eigenvalue weighted by Gasteiger charge is -2.23. The summed E-state index contributed by atoms with van der Waals surface area (Å²) in [4.78, 5) is 11.1. The van der Waals surface area contributed by atoms with Gasteiger partial charge in [0, 0.05) is 19.0 Å². The molecule has 1 aliphatic rings. The number of carbonyl (C=O) groups is 1. The molecule has 1 fully saturated rings. The number of nitrogens with zero attached hydrogens (tertiary/aromatic N) is 1. The maximum atomic E-state index is 12.1. The van der Waals surface area contributed by atoms with E-state index in [2.05, 4.69) is 10.0 Å². The van der Waals surface area contributed by atoms with Crippen molar-refractivity contribution in [2.75, 3.05) is 6.54 Å². The van der Waals surface area contributed by atoms with E-state index in [4.69, 9.17) is 5.26 Å². The van der Waals surface area contributed by atoms with E-state index in [-0.39, 0.29) is 23.4 Å². The third-order valence-electron chi connectivity index (χ3n) is 2.86. The third kappa shape index (κ3) is 3.30. The summed E-state index contributed by atoms with van der Waals surface area (Å²) in [6.07, 6.45) is 0.786. The summed E-state index contributed by atoms with van der Waals surface area (Å²) in [6.45, 7) is 0.288. The molecule has 1 saturated heterocycles. The van der Waals surface area contributed by atoms with Gasteiger partial charge in [-0.25, -0.2) is 13.1 Å². The number of sulfonamides is 1. The van der Waals surface area contributed by atoms with Gasteiger partial charge in [0.15, 0.2) is 0 Å². The van der Waals surface area contributed by atoms with Crippen LogP contribution in [0.15, 0.2) is 29.2 Å². The Morgan fingerprint density at radius 2 is 2.21 bits per heavy atom. The van der Waals surface area contributed by atoms with Crippen LogP contribution in [0, 0.1) is 11.3 Å². The smallest absolute Gasteiger partial charge is 0.240 e. The van der Waals surface area contributed by atoms with E-state index in [0.29, 0.717) is 18.4 Å². The highest BCUT2D eigenvalue weighted by molar-refractivity contribution is 7.89. The molecule has 0 saturated carbocycles. The molecule has 2 N–H and O–H groups in total. The van der Waals surface area contributed by atoms with Crippen molar-refractivity contribution in [3.63, 3.8) is 0 Å². The molecule has 1 aliphatic heterocycles. The summed E-state index contributed by atoms with van der Waals surface area (Å²) in [5.41, 5.74) is 0.292. The Balaban J connectivity index is 2.14. The van der Waals surface area contributed by atoms with Crippen LogP contribution in [0.2, 0.25) is 0 Å². The van der Waals surface area contributed by atoms with Crippen molar-refractivity contribution in [3.8, 4) is 6.07 Å². The fraction of sp³-hybridized carbons (Fsp3) is 0.333. The molecule has 1 unspecified atom stereocenters. The quantitative estimate of drug-likeness (QED) is 0.820. The molecule has 7 heteroatoms. The van der Waals surface area contributed by atoms with Crippen LogP contribution in [-0.4, -0.2) is 26.9 Å². The minimum Gasteiger partial charge on any atom is -0.355 e. The van der Waals surface area contributed by atoms with Crippen molar-refractivity contribution in [3.05, 3.63) is 29.8 Å². The molecule has 6 nitrogen and oxygen atoms in total. The van der Waals surface area contributed by atoms with E-state index in [0.717, 1.165) is 0 Å². The molecule has 1 amide bonds. The minimum absolute atomic E-state index is 0.0588. The van der Waals surface area contributed by atoms with E-state index in [1.165, 1.54) is 18.2 Å². The molecule has 0 aromatic heterocycles. The van der Waals surface area contributed by atoms with Gasteiger partial charge in [-0.2, -0.15) is 5.26 Å². The number of nitrogens with one attached hydrogen (secondary N) is 2. The second-order valence-corrected chi connectivity index (χ2v) is 6.01. The predicted octanol–water partition coefficient (Wildman–Crippen LogP) is 0.115. The van der Waals surface area contributed by atoms with Crippen molar-refractivity contribution in [2.24, 2.45) is 0 Å². The topological polar surface area (TPSA) is 99.1 Å². The van der Waals surface area contributed by atoms with Gasteiger partial charge in [-0.05, 0) is 24.6 Å². The van der Waals surface area contributed by atoms with Crippen LogP contribution in [-0.2, 0) is 14.8 Å². The van der Waals surface area contributed by atoms with E-state index in [9.17, 15) is 13.2 Å². The standard InChI is InChI=1S/C12H13N3O3S/c13-7-9-2-1-3-11(6-9)19(17,18)15-10-4-5-12(16)14-8-10/h1-3,6,10,15H,4-5,8H2,(H,14,16). The molecule has 100 valence electrons. The summed E-state index contributed by atoms with van der Waals surface area (Å²) in [7, 11) is -3.66. The average Bonchev–Trinajstić information content (AvgIpc) is 2.41. The van der Waals surface area contributed by atoms with Crippen LogP contribution >= 0.6 is 0 Å². The summed E-state index contributed by atoms with van der Waals surface area (Å²) >= 11 is 0. The Hall–Kier alpha value is -1.91. The maximum absolute atomic E-state index is 12.1. The van der Waals surface area contributed by atoms with Crippen LogP contribution < -0.4 is 10.0 Å². The molecular weight excluding hydrogens is 266 g/mol. The first-order valence-electron chi connectivity index (χ1n) is 5.80. The Kier molecular flexibility index (Phi) is 3.83. The Morgan fingerprint density at radius 3 is 2.84 bits per heavy atom. The van der Waals surface area contributed by atoms with Gasteiger partial charge in [0.25, 0.3) is 0 Å². The molecule has 2 rings (SSSR count). The molecular formula is C12H13N3O3S. The van der Waals surface area contributed by atoms with Gasteiger partial charge in [-0.1, -0.05) is 6.07 Å². The van der Waals surface area contributed by atoms with Crippen LogP contribution in [0.25, 0.3) is 0 Å². The summed E-state index contributed by atoms with van der Waals surface area (Å²) in [5.74, 6) is -0.0677. The lowest BCUT2D eigenvalue weighted by molar-refractivity contribution is -0.122. The van der Waals surface area contributed by atoms with Gasteiger partial charge < -0.3 is 5.32 Å². The minimum atomic E-state index is -3.66. The predicted molar refractivity (Wildman–Crippen MR) is 67.5 cm³/mol. The van der Waals surface area contributed by atoms with Gasteiger partial charge in [0.2, 0.25) is 15.9 Å². The van der Waals surface area contributed by atoms with Crippen molar-refractivity contribution in [1.29, 1.82) is 5.26 Å². The fourth-order valence-electron chi connectivity index (χ4n) is 1.85. The number of amides is 1. The lowest BCUT2D eigenvalue weighted by Crippen LogP contribution is -2.47. The zero-order valence-corrected chi connectivity index (χ0v) is 10.9. The van der Waals surface area contributed by atoms with Gasteiger partial charge in [-0.15, -0.1) is 0 Å². The van der Waals surface area contributed by atoms with Crippen molar-refractivity contribution < 1.29 is 13.2 Å². The van der Waals surface area contributed by atoms with Gasteiger partial charge in [-0.3, -0.25) is 4.79 Å². The number of piperidine rings is 1. The summed E-state index contributed by atoms with van der Waals surface area (Å²) in [5, 5.41) is 11.4. The SMILES string of the molecule is N#Cc1cccc(S(=O)(=O)NC2CCC(=O)NC2)c1. The first-order chi connectivity index (χ1) is 9.01. The Bertz CT molecular complexity index is 624. The van der Waals surface area contributed by atoms with E-state index in [1.54, 1.807) is 6.07 Å². The maximum Gasteiger partial charge on any atom is 0.240 e. The van der Waals surface area contributed by atoms with Crippen molar-refractivity contribution in [1.82, 2.24) is 10.0 Å². The number of carbonyl (C=O) groups excluding carboxylic acids is 1. The number of rotatable bonds is 3. The van der Waals surface area contributed by atoms with Gasteiger partial charge >= 0.3 is 0 Å². The molecule has 1 atom stereocenters. The molecule has 0 spiro atoms. The molecule has 1 aromatic carbocycles. The normalized spacial score (nSPS) is 19.5. The Morgan fingerprint density at radius 1 is 1.42 bits per heavy atom. The number of benzene rings is 1. The summed E-state index contributed by atoms with van der Waals surface area (Å²) in [6, 6.07) is 7.41. The fourth-order valence-corrected chi connectivity index (χ4v) is 3.17. The first-order valence-corrected chi connectivity index (χ1v) is 7.29. The monoisotopic (exact) mass is 279 g/mol. The molecule has 19 heavy (non-hydrogen) atoms. The van der Waals surface area contributed by atoms with Crippen molar-refractivity contribution in [2.45, 2.75) is 23.8 Å². The first kappa shape index (κ1) is 13.5. The van der Waals surface area contributed by atoms with Gasteiger partial charge in [0.1, 0.15) is 0 Å². The number of hydrogen-bond donors (Lipinski definition) is 2. The average molecular weight is 279 g/mol. The third-order valence-corrected chi connectivity index (χ3v) is 4.38. The second-order valence-electron chi connectivity index (χ2n) is 4.30. The van der Waals surface area contributed by atoms with Crippen molar-refractivity contribution >= 4 is 15.9 Å². The van der Waals surface area contributed by atoms with E-state index in [1.807, 2.05) is 6.07 Å². The molecule has 0 bridgehead atoms. The van der Waals surface area contributed by atoms with Crippen LogP contribution in [0.3, 0.4) is 0 Å². The zero-order valence-electron chi connectivity index (χ0n) is 10.1. The molecule has 1 heterocycles. The second kappa shape index (κ2) is 5.38.